The predicted octanol–water partition coefficient (Wildman–Crippen LogP) is 5.13. The minimum atomic E-state index is -0.387. The maximum absolute atomic E-state index is 12.6. The van der Waals surface area contributed by atoms with E-state index >= 15 is 0 Å². The van der Waals surface area contributed by atoms with Crippen LogP contribution in [0.15, 0.2) is 77.2 Å². The number of fused-ring (bicyclic) bond motifs is 1. The molecule has 0 radical (unpaired) electrons. The maximum Gasteiger partial charge on any atom is 0.291 e. The van der Waals surface area contributed by atoms with Crippen LogP contribution < -0.4 is 20.7 Å². The zero-order chi connectivity index (χ0) is 23.4. The summed E-state index contributed by atoms with van der Waals surface area (Å²) in [5, 5.41) is 9.37. The zero-order valence-corrected chi connectivity index (χ0v) is 18.8. The van der Waals surface area contributed by atoms with Gasteiger partial charge in [-0.1, -0.05) is 36.4 Å². The van der Waals surface area contributed by atoms with Crippen LogP contribution in [0.1, 0.15) is 26.5 Å². The molecule has 0 aliphatic carbocycles. The van der Waals surface area contributed by atoms with Gasteiger partial charge >= 0.3 is 0 Å². The SMILES string of the molecule is COc1c(C)cccc1C(=O)NC(=S)Nc1cccc(NC(=O)c2cc3ccccc3o2)c1. The van der Waals surface area contributed by atoms with Crippen LogP contribution in [0.25, 0.3) is 11.0 Å². The largest absolute Gasteiger partial charge is 0.496 e. The minimum absolute atomic E-state index is 0.115. The van der Waals surface area contributed by atoms with Crippen LogP contribution in [0.2, 0.25) is 0 Å². The van der Waals surface area contributed by atoms with Crippen LogP contribution >= 0.6 is 12.2 Å². The Balaban J connectivity index is 1.41. The quantitative estimate of drug-likeness (QED) is 0.359. The first-order valence-corrected chi connectivity index (χ1v) is 10.5. The molecule has 0 saturated carbocycles. The Morgan fingerprint density at radius 1 is 0.879 bits per heavy atom. The fourth-order valence-corrected chi connectivity index (χ4v) is 3.61. The van der Waals surface area contributed by atoms with Crippen molar-refractivity contribution in [3.05, 3.63) is 89.7 Å². The molecule has 0 saturated heterocycles. The number of anilines is 2. The van der Waals surface area contributed by atoms with Crippen LogP contribution in [0.3, 0.4) is 0 Å². The molecule has 4 aromatic rings. The van der Waals surface area contributed by atoms with Crippen LogP contribution in [-0.2, 0) is 0 Å². The van der Waals surface area contributed by atoms with Crippen molar-refractivity contribution in [1.82, 2.24) is 5.32 Å². The summed E-state index contributed by atoms with van der Waals surface area (Å²) in [5.41, 5.74) is 3.01. The van der Waals surface area contributed by atoms with Gasteiger partial charge < -0.3 is 19.8 Å². The molecule has 0 bridgehead atoms. The van der Waals surface area contributed by atoms with E-state index in [1.807, 2.05) is 31.2 Å². The molecule has 7 nitrogen and oxygen atoms in total. The first kappa shape index (κ1) is 22.0. The number of para-hydroxylation sites is 2. The summed E-state index contributed by atoms with van der Waals surface area (Å²) in [5.74, 6) is -0.0503. The molecule has 3 N–H and O–H groups in total. The predicted molar refractivity (Wildman–Crippen MR) is 132 cm³/mol. The Kier molecular flexibility index (Phi) is 6.37. The average Bonchev–Trinajstić information content (AvgIpc) is 3.23. The Hall–Kier alpha value is -4.17. The number of carbonyl (C=O) groups excluding carboxylic acids is 2. The topological polar surface area (TPSA) is 92.6 Å². The molecule has 8 heteroatoms. The highest BCUT2D eigenvalue weighted by molar-refractivity contribution is 7.80. The van der Waals surface area contributed by atoms with Crippen LogP contribution in [0.4, 0.5) is 11.4 Å². The van der Waals surface area contributed by atoms with E-state index in [1.54, 1.807) is 48.5 Å². The number of carbonyl (C=O) groups is 2. The lowest BCUT2D eigenvalue weighted by molar-refractivity contribution is 0.0972. The molecule has 0 spiro atoms. The summed E-state index contributed by atoms with van der Waals surface area (Å²) in [6, 6.07) is 21.4. The first-order chi connectivity index (χ1) is 15.9. The van der Waals surface area contributed by atoms with E-state index in [4.69, 9.17) is 21.4 Å². The van der Waals surface area contributed by atoms with Gasteiger partial charge in [-0.15, -0.1) is 0 Å². The highest BCUT2D eigenvalue weighted by Crippen LogP contribution is 2.23. The lowest BCUT2D eigenvalue weighted by atomic mass is 10.1. The minimum Gasteiger partial charge on any atom is -0.496 e. The van der Waals surface area contributed by atoms with E-state index in [-0.39, 0.29) is 22.7 Å². The van der Waals surface area contributed by atoms with Gasteiger partial charge in [-0.25, -0.2) is 0 Å². The van der Waals surface area contributed by atoms with E-state index in [2.05, 4.69) is 16.0 Å². The van der Waals surface area contributed by atoms with Crippen molar-refractivity contribution in [2.24, 2.45) is 0 Å². The fourth-order valence-electron chi connectivity index (χ4n) is 3.40. The van der Waals surface area contributed by atoms with Crippen molar-refractivity contribution in [2.75, 3.05) is 17.7 Å². The number of hydrogen-bond donors (Lipinski definition) is 3. The van der Waals surface area contributed by atoms with Gasteiger partial charge in [0.25, 0.3) is 11.8 Å². The van der Waals surface area contributed by atoms with Gasteiger partial charge in [-0.05, 0) is 61.1 Å². The van der Waals surface area contributed by atoms with Gasteiger partial charge in [0.15, 0.2) is 10.9 Å². The molecule has 0 unspecified atom stereocenters. The maximum atomic E-state index is 12.6. The van der Waals surface area contributed by atoms with Gasteiger partial charge in [0.05, 0.1) is 12.7 Å². The molecule has 2 amide bonds. The summed E-state index contributed by atoms with van der Waals surface area (Å²) < 4.78 is 10.9. The Bertz CT molecular complexity index is 1330. The molecule has 3 aromatic carbocycles. The second-order valence-corrected chi connectivity index (χ2v) is 7.66. The first-order valence-electron chi connectivity index (χ1n) is 10.1. The monoisotopic (exact) mass is 459 g/mol. The fraction of sp³-hybridized carbons (Fsp3) is 0.0800. The Labute approximate surface area is 195 Å². The van der Waals surface area contributed by atoms with Crippen molar-refractivity contribution in [2.45, 2.75) is 6.92 Å². The van der Waals surface area contributed by atoms with E-state index < -0.39 is 0 Å². The highest BCUT2D eigenvalue weighted by atomic mass is 32.1. The van der Waals surface area contributed by atoms with E-state index in [0.29, 0.717) is 28.3 Å². The van der Waals surface area contributed by atoms with E-state index in [0.717, 1.165) is 10.9 Å². The third kappa shape index (κ3) is 5.02. The highest BCUT2D eigenvalue weighted by Gasteiger charge is 2.16. The van der Waals surface area contributed by atoms with Gasteiger partial charge in [0, 0.05) is 16.8 Å². The number of amides is 2. The number of rotatable bonds is 5. The standard InChI is InChI=1S/C25H21N3O4S/c1-15-7-5-11-19(22(15)31-2)23(29)28-25(33)27-18-10-6-9-17(14-18)26-24(30)21-13-16-8-3-4-12-20(16)32-21/h3-14H,1-2H3,(H,26,30)(H2,27,28,29,33). The van der Waals surface area contributed by atoms with E-state index in [1.165, 1.54) is 7.11 Å². The van der Waals surface area contributed by atoms with Gasteiger partial charge in [-0.2, -0.15) is 0 Å². The molecule has 0 atom stereocenters. The Morgan fingerprint density at radius 3 is 2.36 bits per heavy atom. The molecular formula is C25H21N3O4S. The number of ether oxygens (including phenoxy) is 1. The molecule has 1 heterocycles. The molecule has 0 fully saturated rings. The number of hydrogen-bond acceptors (Lipinski definition) is 5. The van der Waals surface area contributed by atoms with Crippen LogP contribution in [-0.4, -0.2) is 24.0 Å². The number of benzene rings is 3. The van der Waals surface area contributed by atoms with Crippen molar-refractivity contribution in [3.8, 4) is 5.75 Å². The molecule has 166 valence electrons. The lowest BCUT2D eigenvalue weighted by Crippen LogP contribution is -2.34. The molecule has 33 heavy (non-hydrogen) atoms. The lowest BCUT2D eigenvalue weighted by Gasteiger charge is -2.13. The van der Waals surface area contributed by atoms with Crippen molar-refractivity contribution >= 4 is 51.5 Å². The van der Waals surface area contributed by atoms with E-state index in [9.17, 15) is 9.59 Å². The van der Waals surface area contributed by atoms with Gasteiger partial charge in [-0.3, -0.25) is 14.9 Å². The molecule has 0 aliphatic rings. The smallest absolute Gasteiger partial charge is 0.291 e. The summed E-state index contributed by atoms with van der Waals surface area (Å²) in [4.78, 5) is 25.2. The number of nitrogens with one attached hydrogen (secondary N) is 3. The summed E-state index contributed by atoms with van der Waals surface area (Å²) in [6.45, 7) is 1.86. The number of methoxy groups -OCH3 is 1. The second kappa shape index (κ2) is 9.54. The third-order valence-corrected chi connectivity index (χ3v) is 5.12. The van der Waals surface area contributed by atoms with Gasteiger partial charge in [0.1, 0.15) is 11.3 Å². The van der Waals surface area contributed by atoms with Crippen LogP contribution in [0.5, 0.6) is 5.75 Å². The Morgan fingerprint density at radius 2 is 1.61 bits per heavy atom. The molecular weight excluding hydrogens is 438 g/mol. The molecule has 0 aliphatic heterocycles. The zero-order valence-electron chi connectivity index (χ0n) is 18.0. The average molecular weight is 460 g/mol. The molecule has 4 rings (SSSR count). The summed E-state index contributed by atoms with van der Waals surface area (Å²) in [6.07, 6.45) is 0. The molecule has 1 aromatic heterocycles. The van der Waals surface area contributed by atoms with Crippen molar-refractivity contribution in [3.63, 3.8) is 0 Å². The number of furan rings is 1. The van der Waals surface area contributed by atoms with Crippen molar-refractivity contribution < 1.29 is 18.7 Å². The number of aryl methyl sites for hydroxylation is 1. The normalized spacial score (nSPS) is 10.5. The second-order valence-electron chi connectivity index (χ2n) is 7.25. The third-order valence-electron chi connectivity index (χ3n) is 4.92. The van der Waals surface area contributed by atoms with Crippen LogP contribution in [0, 0.1) is 6.92 Å². The summed E-state index contributed by atoms with van der Waals surface area (Å²) in [7, 11) is 1.51. The number of thiocarbonyl (C=S) groups is 1. The van der Waals surface area contributed by atoms with Gasteiger partial charge in [0.2, 0.25) is 0 Å². The van der Waals surface area contributed by atoms with Crippen molar-refractivity contribution in [1.29, 1.82) is 0 Å². The summed E-state index contributed by atoms with van der Waals surface area (Å²) >= 11 is 5.28.